The molecule has 0 spiro atoms. The van der Waals surface area contributed by atoms with E-state index in [1.807, 2.05) is 20.8 Å². The molecule has 5 atom stereocenters. The number of ether oxygens (including phenoxy) is 3. The number of rotatable bonds is 12. The normalized spacial score (nSPS) is 21.0. The third kappa shape index (κ3) is 8.86. The number of benzene rings is 3. The number of esters is 2. The van der Waals surface area contributed by atoms with Crippen LogP contribution in [0.2, 0.25) is 10.0 Å². The average molecular weight is 748 g/mol. The van der Waals surface area contributed by atoms with Crippen molar-refractivity contribution < 1.29 is 37.4 Å². The molecule has 1 aliphatic heterocycles. The Labute approximate surface area is 306 Å². The molecule has 1 aliphatic rings. The molecule has 0 saturated carbocycles. The van der Waals surface area contributed by atoms with Gasteiger partial charge in [-0.25, -0.2) is 13.6 Å². The van der Waals surface area contributed by atoms with Gasteiger partial charge in [0.25, 0.3) is 0 Å². The van der Waals surface area contributed by atoms with E-state index in [4.69, 9.17) is 43.1 Å². The summed E-state index contributed by atoms with van der Waals surface area (Å²) >= 11 is 12.5. The van der Waals surface area contributed by atoms with Gasteiger partial charge in [-0.05, 0) is 60.7 Å². The summed E-state index contributed by atoms with van der Waals surface area (Å²) in [7, 11) is 2.89. The number of amides is 1. The lowest BCUT2D eigenvalue weighted by atomic mass is 9.62. The number of halogens is 4. The zero-order valence-corrected chi connectivity index (χ0v) is 30.7. The minimum Gasteiger partial charge on any atom is -0.495 e. The Morgan fingerprint density at radius 1 is 1.08 bits per heavy atom. The summed E-state index contributed by atoms with van der Waals surface area (Å²) in [5.74, 6) is -4.30. The first-order chi connectivity index (χ1) is 24.0. The van der Waals surface area contributed by atoms with E-state index in [1.54, 1.807) is 18.3 Å². The van der Waals surface area contributed by atoms with E-state index < -0.39 is 58.9 Å². The highest BCUT2D eigenvalue weighted by Crippen LogP contribution is 2.52. The van der Waals surface area contributed by atoms with Gasteiger partial charge in [0.15, 0.2) is 0 Å². The van der Waals surface area contributed by atoms with E-state index in [-0.39, 0.29) is 56.8 Å². The zero-order chi connectivity index (χ0) is 37.7. The van der Waals surface area contributed by atoms with Gasteiger partial charge < -0.3 is 30.6 Å². The van der Waals surface area contributed by atoms with Crippen LogP contribution in [-0.2, 0) is 24.5 Å². The summed E-state index contributed by atoms with van der Waals surface area (Å²) in [4.78, 5) is 43.1. The van der Waals surface area contributed by atoms with E-state index in [0.717, 1.165) is 0 Å². The number of hydrogen-bond donors (Lipinski definition) is 3. The number of hydrogen-bond acceptors (Lipinski definition) is 9. The number of nitrogens with two attached hydrogens (primary N) is 1. The number of anilines is 1. The molecule has 1 amide bonds. The number of carbonyl (C=O) groups excluding carboxylic acids is 3. The molecular formula is C37H42Cl2F2N4O6. The van der Waals surface area contributed by atoms with Crippen molar-refractivity contribution in [3.05, 3.63) is 93.0 Å². The fraction of sp³-hybridized carbons (Fsp3) is 0.405. The highest BCUT2D eigenvalue weighted by molar-refractivity contribution is 6.31. The molecule has 3 aromatic rings. The van der Waals surface area contributed by atoms with Crippen molar-refractivity contribution >= 4 is 52.9 Å². The largest absolute Gasteiger partial charge is 0.495 e. The summed E-state index contributed by atoms with van der Waals surface area (Å²) in [5, 5.41) is 6.28. The maximum Gasteiger partial charge on any atom is 0.338 e. The lowest BCUT2D eigenvalue weighted by Gasteiger charge is -2.40. The van der Waals surface area contributed by atoms with Gasteiger partial charge in [0, 0.05) is 35.8 Å². The van der Waals surface area contributed by atoms with Gasteiger partial charge in [-0.15, -0.1) is 0 Å². The van der Waals surface area contributed by atoms with E-state index in [0.29, 0.717) is 6.42 Å². The second kappa shape index (κ2) is 16.5. The Kier molecular flexibility index (Phi) is 12.8. The Balaban J connectivity index is 1.76. The summed E-state index contributed by atoms with van der Waals surface area (Å²) < 4.78 is 47.9. The maximum atomic E-state index is 16.1. The van der Waals surface area contributed by atoms with Crippen molar-refractivity contribution in [1.29, 1.82) is 0 Å². The van der Waals surface area contributed by atoms with Gasteiger partial charge in [-0.2, -0.15) is 0 Å². The number of nitrogens with zero attached hydrogens (tertiary/aromatic N) is 1. The van der Waals surface area contributed by atoms with Crippen molar-refractivity contribution in [1.82, 2.24) is 5.32 Å². The molecule has 0 bridgehead atoms. The minimum absolute atomic E-state index is 0.0810. The Morgan fingerprint density at radius 2 is 1.78 bits per heavy atom. The van der Waals surface area contributed by atoms with Crippen LogP contribution in [0.4, 0.5) is 14.5 Å². The van der Waals surface area contributed by atoms with E-state index in [9.17, 15) is 14.4 Å². The number of methoxy groups -OCH3 is 1. The SMILES string of the molecule is CN=C[C@]1(c2ccc(Cl)cc2F)C(CC(C)(C)C)N[C@@H](C(=O)Nc2ccc(C(=O)OCCOC(=O)[C@@H](C)N)cc2OC)[C@@H]1c1cccc(Cl)c1F. The van der Waals surface area contributed by atoms with Crippen LogP contribution < -0.4 is 21.1 Å². The van der Waals surface area contributed by atoms with Crippen LogP contribution in [0.1, 0.15) is 61.5 Å². The molecule has 3 aromatic carbocycles. The molecule has 14 heteroatoms. The molecule has 274 valence electrons. The predicted molar refractivity (Wildman–Crippen MR) is 193 cm³/mol. The van der Waals surface area contributed by atoms with Crippen molar-refractivity contribution in [3.63, 3.8) is 0 Å². The zero-order valence-electron chi connectivity index (χ0n) is 29.2. The third-order valence-electron chi connectivity index (χ3n) is 8.59. The smallest absolute Gasteiger partial charge is 0.338 e. The molecule has 1 fully saturated rings. The van der Waals surface area contributed by atoms with Crippen molar-refractivity contribution in [2.75, 3.05) is 32.7 Å². The van der Waals surface area contributed by atoms with Crippen LogP contribution in [0.5, 0.6) is 5.75 Å². The number of nitrogens with one attached hydrogen (secondary N) is 2. The van der Waals surface area contributed by atoms with Crippen molar-refractivity contribution in [3.8, 4) is 5.75 Å². The highest BCUT2D eigenvalue weighted by atomic mass is 35.5. The number of aliphatic imine (C=N–C) groups is 1. The first-order valence-corrected chi connectivity index (χ1v) is 17.0. The summed E-state index contributed by atoms with van der Waals surface area (Å²) in [6.45, 7) is 7.11. The van der Waals surface area contributed by atoms with Gasteiger partial charge in [0.1, 0.15) is 36.6 Å². The lowest BCUT2D eigenvalue weighted by molar-refractivity contribution is -0.145. The molecule has 1 saturated heterocycles. The van der Waals surface area contributed by atoms with Crippen molar-refractivity contribution in [2.24, 2.45) is 16.1 Å². The second-order valence-corrected chi connectivity index (χ2v) is 14.4. The Morgan fingerprint density at radius 3 is 2.41 bits per heavy atom. The minimum atomic E-state index is -1.40. The standard InChI is InChI=1S/C37H42Cl2F2N4O6/c1-20(42)34(47)50-14-15-51-35(48)21-10-13-27(28(16-21)49-6)44-33(46)32-30(23-8-7-9-25(39)31(23)41)37(19-43-5,29(45-32)18-36(2,3)4)24-12-11-22(38)17-26(24)40/h7-13,16-17,19-20,29-30,32,45H,14-15,18,42H2,1-6H3,(H,44,46)/t20-,29?,30+,32-,37+/m1/s1. The molecule has 0 aliphatic carbocycles. The predicted octanol–water partition coefficient (Wildman–Crippen LogP) is 6.46. The molecular weight excluding hydrogens is 705 g/mol. The fourth-order valence-corrected chi connectivity index (χ4v) is 6.82. The average Bonchev–Trinajstić information content (AvgIpc) is 3.36. The maximum absolute atomic E-state index is 16.1. The molecule has 4 rings (SSSR count). The summed E-state index contributed by atoms with van der Waals surface area (Å²) in [6, 6.07) is 10.4. The summed E-state index contributed by atoms with van der Waals surface area (Å²) in [6.07, 6.45) is 1.99. The van der Waals surface area contributed by atoms with Crippen molar-refractivity contribution in [2.45, 2.75) is 63.6 Å². The molecule has 0 radical (unpaired) electrons. The molecule has 4 N–H and O–H groups in total. The monoisotopic (exact) mass is 746 g/mol. The van der Waals surface area contributed by atoms with Crippen LogP contribution in [0.3, 0.4) is 0 Å². The quantitative estimate of drug-likeness (QED) is 0.109. The lowest BCUT2D eigenvalue weighted by Crippen LogP contribution is -2.47. The second-order valence-electron chi connectivity index (χ2n) is 13.5. The van der Waals surface area contributed by atoms with Crippen LogP contribution in [0.15, 0.2) is 59.6 Å². The van der Waals surface area contributed by atoms with Gasteiger partial charge in [-0.1, -0.05) is 62.2 Å². The van der Waals surface area contributed by atoms with Crippen LogP contribution >= 0.6 is 23.2 Å². The van der Waals surface area contributed by atoms with E-state index in [1.165, 1.54) is 63.5 Å². The van der Waals surface area contributed by atoms with Crippen LogP contribution in [-0.4, -0.2) is 69.6 Å². The molecule has 0 aromatic heterocycles. The first kappa shape index (κ1) is 39.7. The molecule has 10 nitrogen and oxygen atoms in total. The topological polar surface area (TPSA) is 141 Å². The van der Waals surface area contributed by atoms with Crippen LogP contribution in [0, 0.1) is 17.0 Å². The molecule has 1 unspecified atom stereocenters. The van der Waals surface area contributed by atoms with E-state index in [2.05, 4.69) is 15.6 Å². The van der Waals surface area contributed by atoms with Crippen LogP contribution in [0.25, 0.3) is 0 Å². The molecule has 1 heterocycles. The summed E-state index contributed by atoms with van der Waals surface area (Å²) in [5.41, 5.74) is 4.27. The molecule has 51 heavy (non-hydrogen) atoms. The van der Waals surface area contributed by atoms with Gasteiger partial charge in [0.05, 0.1) is 34.8 Å². The van der Waals surface area contributed by atoms with E-state index >= 15 is 8.78 Å². The number of carbonyl (C=O) groups is 3. The third-order valence-corrected chi connectivity index (χ3v) is 9.12. The Hall–Kier alpha value is -4.10. The Bertz CT molecular complexity index is 1800. The van der Waals surface area contributed by atoms with Gasteiger partial charge >= 0.3 is 11.9 Å². The van der Waals surface area contributed by atoms with Gasteiger partial charge in [-0.3, -0.25) is 14.6 Å². The fourth-order valence-electron chi connectivity index (χ4n) is 6.48. The first-order valence-electron chi connectivity index (χ1n) is 16.2. The highest BCUT2D eigenvalue weighted by Gasteiger charge is 2.59. The van der Waals surface area contributed by atoms with Gasteiger partial charge in [0.2, 0.25) is 5.91 Å².